The Balaban J connectivity index is 3.84. The summed E-state index contributed by atoms with van der Waals surface area (Å²) in [6.45, 7) is 3.70. The molecule has 0 amide bonds. The zero-order chi connectivity index (χ0) is 38.2. The number of esters is 2. The van der Waals surface area contributed by atoms with E-state index in [2.05, 4.69) is 30.5 Å². The van der Waals surface area contributed by atoms with Gasteiger partial charge in [0, 0.05) is 12.8 Å². The molecule has 0 aromatic heterocycles. The average Bonchev–Trinajstić information content (AvgIpc) is 3.11. The second kappa shape index (κ2) is 39.5. The third-order valence-corrected chi connectivity index (χ3v) is 10.3. The first-order valence-corrected chi connectivity index (χ1v) is 23.5. The molecule has 0 saturated heterocycles. The van der Waals surface area contributed by atoms with Crippen LogP contribution in [0.4, 0.5) is 0 Å². The van der Waals surface area contributed by atoms with Crippen molar-refractivity contribution in [2.45, 2.75) is 238 Å². The van der Waals surface area contributed by atoms with Gasteiger partial charge in [0.15, 0.2) is 6.10 Å². The van der Waals surface area contributed by atoms with E-state index in [1.807, 2.05) is 0 Å². The van der Waals surface area contributed by atoms with Crippen molar-refractivity contribution in [2.75, 3.05) is 13.2 Å². The van der Waals surface area contributed by atoms with Crippen LogP contribution < -0.4 is 0 Å². The normalized spacial score (nSPS) is 12.5. The Kier molecular flexibility index (Phi) is 38.6. The Labute approximate surface area is 320 Å². The molecular weight excluding hydrogens is 675 g/mol. The first-order chi connectivity index (χ1) is 25.3. The van der Waals surface area contributed by atoms with Crippen molar-refractivity contribution < 1.29 is 37.9 Å². The minimum atomic E-state index is -4.75. The summed E-state index contributed by atoms with van der Waals surface area (Å²) >= 11 is 0. The Bertz CT molecular complexity index is 858. The Morgan fingerprint density at radius 3 is 1.17 bits per heavy atom. The molecule has 0 rings (SSSR count). The monoisotopic (exact) mass is 759 g/mol. The van der Waals surface area contributed by atoms with Gasteiger partial charge >= 0.3 is 19.8 Å². The molecular formula is C43H83O8P. The molecule has 0 bridgehead atoms. The predicted octanol–water partition coefficient (Wildman–Crippen LogP) is 13.4. The van der Waals surface area contributed by atoms with E-state index in [9.17, 15) is 14.2 Å². The lowest BCUT2D eigenvalue weighted by atomic mass is 10.0. The van der Waals surface area contributed by atoms with Crippen LogP contribution in [0.25, 0.3) is 0 Å². The molecule has 0 heterocycles. The summed E-state index contributed by atoms with van der Waals surface area (Å²) in [6, 6.07) is 0. The van der Waals surface area contributed by atoms with E-state index in [0.29, 0.717) is 6.42 Å². The fourth-order valence-corrected chi connectivity index (χ4v) is 6.85. The van der Waals surface area contributed by atoms with Gasteiger partial charge in [-0.25, -0.2) is 4.57 Å². The summed E-state index contributed by atoms with van der Waals surface area (Å²) in [5.41, 5.74) is 0. The maximum absolute atomic E-state index is 12.4. The van der Waals surface area contributed by atoms with Crippen LogP contribution in [0.5, 0.6) is 0 Å². The van der Waals surface area contributed by atoms with Gasteiger partial charge in [0.05, 0.1) is 6.61 Å². The van der Waals surface area contributed by atoms with Crippen LogP contribution >= 0.6 is 7.82 Å². The van der Waals surface area contributed by atoms with Crippen LogP contribution in [-0.4, -0.2) is 41.0 Å². The second-order valence-electron chi connectivity index (χ2n) is 15.0. The smallest absolute Gasteiger partial charge is 0.462 e. The van der Waals surface area contributed by atoms with Crippen molar-refractivity contribution in [3.8, 4) is 0 Å². The number of allylic oxidation sites excluding steroid dienone is 2. The summed E-state index contributed by atoms with van der Waals surface area (Å²) in [5.74, 6) is -0.882. The SMILES string of the molecule is CCCCCCC/C=C/CCCCCCCC(=O)OC[C@H](COP(=O)(O)O)OC(=O)CCCCCCCCCCCCCCCCCCCCCC. The number of unbranched alkanes of at least 4 members (excludes halogenated alkanes) is 29. The number of phosphoric ester groups is 1. The molecule has 2 N–H and O–H groups in total. The second-order valence-corrected chi connectivity index (χ2v) is 16.3. The Morgan fingerprint density at radius 1 is 0.481 bits per heavy atom. The summed E-state index contributed by atoms with van der Waals surface area (Å²) in [6.07, 6.45) is 43.6. The van der Waals surface area contributed by atoms with Gasteiger partial charge in [-0.1, -0.05) is 193 Å². The molecule has 0 aromatic carbocycles. The van der Waals surface area contributed by atoms with Crippen molar-refractivity contribution in [1.82, 2.24) is 0 Å². The molecule has 1 atom stereocenters. The molecule has 9 heteroatoms. The van der Waals surface area contributed by atoms with Gasteiger partial charge in [0.25, 0.3) is 0 Å². The molecule has 0 saturated carbocycles. The Hall–Kier alpha value is -1.21. The molecule has 308 valence electrons. The van der Waals surface area contributed by atoms with Gasteiger partial charge in [-0.3, -0.25) is 14.1 Å². The first kappa shape index (κ1) is 50.8. The van der Waals surface area contributed by atoms with Crippen molar-refractivity contribution in [3.05, 3.63) is 12.2 Å². The van der Waals surface area contributed by atoms with Gasteiger partial charge in [-0.15, -0.1) is 0 Å². The lowest BCUT2D eigenvalue weighted by molar-refractivity contribution is -0.161. The molecule has 0 aliphatic rings. The van der Waals surface area contributed by atoms with Crippen LogP contribution in [-0.2, 0) is 28.2 Å². The lowest BCUT2D eigenvalue weighted by Gasteiger charge is -2.18. The van der Waals surface area contributed by atoms with E-state index < -0.39 is 32.5 Å². The number of carbonyl (C=O) groups is 2. The summed E-state index contributed by atoms with van der Waals surface area (Å²) < 4.78 is 26.4. The minimum absolute atomic E-state index is 0.216. The maximum atomic E-state index is 12.4. The van der Waals surface area contributed by atoms with E-state index in [1.165, 1.54) is 148 Å². The molecule has 0 unspecified atom stereocenters. The van der Waals surface area contributed by atoms with E-state index in [4.69, 9.17) is 19.3 Å². The largest absolute Gasteiger partial charge is 0.469 e. The van der Waals surface area contributed by atoms with E-state index in [0.717, 1.165) is 51.4 Å². The van der Waals surface area contributed by atoms with Gasteiger partial charge in [-0.2, -0.15) is 0 Å². The molecule has 0 aliphatic heterocycles. The Morgan fingerprint density at radius 2 is 0.808 bits per heavy atom. The number of carbonyl (C=O) groups excluding carboxylic acids is 2. The zero-order valence-corrected chi connectivity index (χ0v) is 34.9. The van der Waals surface area contributed by atoms with Crippen molar-refractivity contribution >= 4 is 19.8 Å². The topological polar surface area (TPSA) is 119 Å². The standard InChI is InChI=1S/C43H83O8P/c1-3-5-7-9-11-13-15-17-19-20-21-22-23-24-26-28-30-32-34-36-38-43(45)51-41(40-50-52(46,47)48)39-49-42(44)37-35-33-31-29-27-25-18-16-14-12-10-8-6-4-2/h16,18,41H,3-15,17,19-40H2,1-2H3,(H2,46,47,48)/b18-16+/t41-/m1/s1. The van der Waals surface area contributed by atoms with Gasteiger partial charge in [-0.05, 0) is 38.5 Å². The van der Waals surface area contributed by atoms with E-state index in [1.54, 1.807) is 0 Å². The highest BCUT2D eigenvalue weighted by atomic mass is 31.2. The predicted molar refractivity (Wildman–Crippen MR) is 216 cm³/mol. The van der Waals surface area contributed by atoms with Gasteiger partial charge in [0.1, 0.15) is 6.61 Å². The average molecular weight is 759 g/mol. The minimum Gasteiger partial charge on any atom is -0.462 e. The highest BCUT2D eigenvalue weighted by Gasteiger charge is 2.22. The quantitative estimate of drug-likeness (QED) is 0.0274. The molecule has 0 aliphatic carbocycles. The molecule has 52 heavy (non-hydrogen) atoms. The van der Waals surface area contributed by atoms with Crippen LogP contribution in [0.15, 0.2) is 12.2 Å². The van der Waals surface area contributed by atoms with Gasteiger partial charge in [0.2, 0.25) is 0 Å². The molecule has 0 spiro atoms. The van der Waals surface area contributed by atoms with E-state index in [-0.39, 0.29) is 19.4 Å². The van der Waals surface area contributed by atoms with Crippen molar-refractivity contribution in [3.63, 3.8) is 0 Å². The number of hydrogen-bond donors (Lipinski definition) is 2. The first-order valence-electron chi connectivity index (χ1n) is 22.0. The van der Waals surface area contributed by atoms with Crippen LogP contribution in [0.1, 0.15) is 232 Å². The number of rotatable bonds is 41. The fourth-order valence-electron chi connectivity index (χ4n) is 6.49. The lowest BCUT2D eigenvalue weighted by Crippen LogP contribution is -2.29. The van der Waals surface area contributed by atoms with E-state index >= 15 is 0 Å². The molecule has 0 fully saturated rings. The van der Waals surface area contributed by atoms with Crippen LogP contribution in [0.3, 0.4) is 0 Å². The van der Waals surface area contributed by atoms with Crippen molar-refractivity contribution in [1.29, 1.82) is 0 Å². The third-order valence-electron chi connectivity index (χ3n) is 9.78. The summed E-state index contributed by atoms with van der Waals surface area (Å²) in [4.78, 5) is 42.9. The van der Waals surface area contributed by atoms with Crippen LogP contribution in [0, 0.1) is 0 Å². The molecule has 0 aromatic rings. The third kappa shape index (κ3) is 41.5. The van der Waals surface area contributed by atoms with Crippen LogP contribution in [0.2, 0.25) is 0 Å². The molecule has 8 nitrogen and oxygen atoms in total. The number of hydrogen-bond acceptors (Lipinski definition) is 6. The highest BCUT2D eigenvalue weighted by Crippen LogP contribution is 2.36. The number of phosphoric acid groups is 1. The summed E-state index contributed by atoms with van der Waals surface area (Å²) in [5, 5.41) is 0. The zero-order valence-electron chi connectivity index (χ0n) is 34.0. The van der Waals surface area contributed by atoms with Crippen molar-refractivity contribution in [2.24, 2.45) is 0 Å². The summed E-state index contributed by atoms with van der Waals surface area (Å²) in [7, 11) is -4.75. The molecule has 0 radical (unpaired) electrons. The van der Waals surface area contributed by atoms with Gasteiger partial charge < -0.3 is 19.3 Å². The maximum Gasteiger partial charge on any atom is 0.469 e. The highest BCUT2D eigenvalue weighted by molar-refractivity contribution is 7.46. The number of ether oxygens (including phenoxy) is 2. The fraction of sp³-hybridized carbons (Fsp3) is 0.907.